The molecule has 0 aliphatic heterocycles. The molecule has 0 fully saturated rings. The zero-order valence-corrected chi connectivity index (χ0v) is 10.9. The molecular formula is C17H16O2. The number of fused-ring (bicyclic) bond motifs is 2. The summed E-state index contributed by atoms with van der Waals surface area (Å²) in [6.45, 7) is 2.66. The summed E-state index contributed by atoms with van der Waals surface area (Å²) in [5.74, 6) is 0. The minimum atomic E-state index is 0.431. The van der Waals surface area contributed by atoms with Crippen molar-refractivity contribution in [1.29, 1.82) is 0 Å². The van der Waals surface area contributed by atoms with Gasteiger partial charge in [0.15, 0.2) is 0 Å². The van der Waals surface area contributed by atoms with E-state index in [1.807, 2.05) is 0 Å². The molecule has 0 aromatic heterocycles. The molecule has 2 nitrogen and oxygen atoms in total. The lowest BCUT2D eigenvalue weighted by atomic mass is 10.0. The van der Waals surface area contributed by atoms with Gasteiger partial charge >= 0.3 is 0 Å². The quantitative estimate of drug-likeness (QED) is 0.505. The van der Waals surface area contributed by atoms with E-state index in [-0.39, 0.29) is 0 Å². The van der Waals surface area contributed by atoms with Crippen LogP contribution in [0.1, 0.15) is 6.92 Å². The third-order valence-corrected chi connectivity index (χ3v) is 2.85. The lowest BCUT2D eigenvalue weighted by molar-refractivity contribution is -0.128. The van der Waals surface area contributed by atoms with E-state index in [2.05, 4.69) is 65.4 Å². The molecule has 0 bridgehead atoms. The first kappa shape index (κ1) is 13.1. The van der Waals surface area contributed by atoms with Gasteiger partial charge < -0.3 is 4.74 Å². The average molecular weight is 252 g/mol. The van der Waals surface area contributed by atoms with Crippen LogP contribution in [0.4, 0.5) is 0 Å². The van der Waals surface area contributed by atoms with Gasteiger partial charge in [0, 0.05) is 0 Å². The van der Waals surface area contributed by atoms with Crippen LogP contribution in [0.15, 0.2) is 60.7 Å². The number of hydrogen-bond donors (Lipinski definition) is 0. The number of benzene rings is 3. The molecule has 0 saturated heterocycles. The number of hydrogen-bond acceptors (Lipinski definition) is 2. The van der Waals surface area contributed by atoms with Crippen molar-refractivity contribution in [3.05, 3.63) is 60.7 Å². The third kappa shape index (κ3) is 3.32. The third-order valence-electron chi connectivity index (χ3n) is 2.85. The van der Waals surface area contributed by atoms with Crippen LogP contribution in [0.25, 0.3) is 21.5 Å². The van der Waals surface area contributed by atoms with Crippen molar-refractivity contribution in [1.82, 2.24) is 0 Å². The highest BCUT2D eigenvalue weighted by molar-refractivity contribution is 5.98. The van der Waals surface area contributed by atoms with Crippen LogP contribution in [0.5, 0.6) is 0 Å². The Labute approximate surface area is 112 Å². The molecule has 0 aliphatic rings. The summed E-state index contributed by atoms with van der Waals surface area (Å²) in [7, 11) is 0. The van der Waals surface area contributed by atoms with Crippen molar-refractivity contribution in [3.63, 3.8) is 0 Å². The van der Waals surface area contributed by atoms with E-state index in [1.165, 1.54) is 21.5 Å². The molecule has 0 heterocycles. The first-order chi connectivity index (χ1) is 9.35. The topological polar surface area (TPSA) is 26.3 Å². The summed E-state index contributed by atoms with van der Waals surface area (Å²) >= 11 is 0. The molecule has 0 saturated carbocycles. The van der Waals surface area contributed by atoms with Gasteiger partial charge in [-0.3, -0.25) is 4.79 Å². The zero-order chi connectivity index (χ0) is 13.5. The van der Waals surface area contributed by atoms with E-state index in [1.54, 1.807) is 6.92 Å². The van der Waals surface area contributed by atoms with E-state index in [9.17, 15) is 4.79 Å². The SMILES string of the molecule is CCOC=O.c1ccc2cc3ccccc3cc2c1. The maximum atomic E-state index is 9.18. The van der Waals surface area contributed by atoms with Crippen LogP contribution in [-0.4, -0.2) is 13.1 Å². The Hall–Kier alpha value is -2.35. The highest BCUT2D eigenvalue weighted by Crippen LogP contribution is 2.21. The number of carbonyl (C=O) groups is 1. The lowest BCUT2D eigenvalue weighted by Gasteiger charge is -2.00. The standard InChI is InChI=1S/C14H10.C3H6O2/c1-2-6-12-10-14-8-4-3-7-13(14)9-11(12)5-1;1-2-5-3-4/h1-10H;3H,2H2,1H3. The molecule has 0 aliphatic carbocycles. The van der Waals surface area contributed by atoms with E-state index in [4.69, 9.17) is 0 Å². The highest BCUT2D eigenvalue weighted by Gasteiger charge is 1.95. The van der Waals surface area contributed by atoms with Crippen LogP contribution >= 0.6 is 0 Å². The molecule has 0 amide bonds. The van der Waals surface area contributed by atoms with Crippen molar-refractivity contribution in [2.24, 2.45) is 0 Å². The number of carbonyl (C=O) groups excluding carboxylic acids is 1. The normalized spacial score (nSPS) is 9.74. The molecule has 3 aromatic rings. The minimum absolute atomic E-state index is 0.431. The Kier molecular flexibility index (Phi) is 4.51. The molecular weight excluding hydrogens is 236 g/mol. The molecule has 0 radical (unpaired) electrons. The van der Waals surface area contributed by atoms with Crippen LogP contribution in [0, 0.1) is 0 Å². The summed E-state index contributed by atoms with van der Waals surface area (Å²) in [4.78, 5) is 9.18. The summed E-state index contributed by atoms with van der Waals surface area (Å²) < 4.78 is 4.15. The van der Waals surface area contributed by atoms with Crippen LogP contribution in [0.2, 0.25) is 0 Å². The summed E-state index contributed by atoms with van der Waals surface area (Å²) in [5.41, 5.74) is 0. The molecule has 3 rings (SSSR count). The Morgan fingerprint density at radius 1 is 0.842 bits per heavy atom. The van der Waals surface area contributed by atoms with Crippen LogP contribution < -0.4 is 0 Å². The predicted octanol–water partition coefficient (Wildman–Crippen LogP) is 4.17. The predicted molar refractivity (Wildman–Crippen MR) is 79.1 cm³/mol. The largest absolute Gasteiger partial charge is 0.468 e. The fourth-order valence-electron chi connectivity index (χ4n) is 1.95. The first-order valence-corrected chi connectivity index (χ1v) is 6.28. The van der Waals surface area contributed by atoms with E-state index in [0.29, 0.717) is 13.1 Å². The summed E-state index contributed by atoms with van der Waals surface area (Å²) in [6, 6.07) is 21.4. The Bertz CT molecular complexity index is 569. The molecule has 0 spiro atoms. The van der Waals surface area contributed by atoms with Gasteiger partial charge in [0.1, 0.15) is 0 Å². The van der Waals surface area contributed by atoms with E-state index in [0.717, 1.165) is 0 Å². The van der Waals surface area contributed by atoms with Crippen molar-refractivity contribution in [3.8, 4) is 0 Å². The van der Waals surface area contributed by atoms with Crippen molar-refractivity contribution < 1.29 is 9.53 Å². The minimum Gasteiger partial charge on any atom is -0.468 e. The molecule has 96 valence electrons. The van der Waals surface area contributed by atoms with Gasteiger partial charge in [-0.2, -0.15) is 0 Å². The highest BCUT2D eigenvalue weighted by atomic mass is 16.5. The van der Waals surface area contributed by atoms with E-state index >= 15 is 0 Å². The fraction of sp³-hybridized carbons (Fsp3) is 0.118. The van der Waals surface area contributed by atoms with Gasteiger partial charge in [-0.1, -0.05) is 48.5 Å². The number of ether oxygens (including phenoxy) is 1. The smallest absolute Gasteiger partial charge is 0.293 e. The van der Waals surface area contributed by atoms with Gasteiger partial charge in [0.25, 0.3) is 6.47 Å². The maximum absolute atomic E-state index is 9.18. The molecule has 3 aromatic carbocycles. The first-order valence-electron chi connectivity index (χ1n) is 6.28. The van der Waals surface area contributed by atoms with Gasteiger partial charge in [0.2, 0.25) is 0 Å². The summed E-state index contributed by atoms with van der Waals surface area (Å²) in [6.07, 6.45) is 0. The maximum Gasteiger partial charge on any atom is 0.293 e. The summed E-state index contributed by atoms with van der Waals surface area (Å²) in [5, 5.41) is 5.25. The van der Waals surface area contributed by atoms with Gasteiger partial charge in [0.05, 0.1) is 6.61 Å². The molecule has 2 heteroatoms. The lowest BCUT2D eigenvalue weighted by Crippen LogP contribution is -1.80. The monoisotopic (exact) mass is 252 g/mol. The van der Waals surface area contributed by atoms with Crippen LogP contribution in [0.3, 0.4) is 0 Å². The molecule has 0 unspecified atom stereocenters. The zero-order valence-electron chi connectivity index (χ0n) is 10.9. The van der Waals surface area contributed by atoms with Crippen molar-refractivity contribution in [2.75, 3.05) is 6.61 Å². The van der Waals surface area contributed by atoms with Crippen LogP contribution in [-0.2, 0) is 9.53 Å². The molecule has 19 heavy (non-hydrogen) atoms. The van der Waals surface area contributed by atoms with Gasteiger partial charge in [-0.05, 0) is 40.6 Å². The van der Waals surface area contributed by atoms with Crippen molar-refractivity contribution in [2.45, 2.75) is 6.92 Å². The second-order valence-electron chi connectivity index (χ2n) is 4.10. The second-order valence-corrected chi connectivity index (χ2v) is 4.10. The molecule has 0 atom stereocenters. The van der Waals surface area contributed by atoms with Crippen molar-refractivity contribution >= 4 is 28.0 Å². The Balaban J connectivity index is 0.000000232. The number of rotatable bonds is 2. The second kappa shape index (κ2) is 6.55. The van der Waals surface area contributed by atoms with Gasteiger partial charge in [-0.15, -0.1) is 0 Å². The Morgan fingerprint density at radius 2 is 1.21 bits per heavy atom. The van der Waals surface area contributed by atoms with Gasteiger partial charge in [-0.25, -0.2) is 0 Å². The molecule has 0 N–H and O–H groups in total. The van der Waals surface area contributed by atoms with E-state index < -0.39 is 0 Å². The fourth-order valence-corrected chi connectivity index (χ4v) is 1.95. The average Bonchev–Trinajstić information content (AvgIpc) is 2.46. The Morgan fingerprint density at radius 3 is 1.42 bits per heavy atom.